The van der Waals surface area contributed by atoms with Gasteiger partial charge in [-0.05, 0) is 25.3 Å². The second-order valence-electron chi connectivity index (χ2n) is 5.10. The molecule has 0 spiro atoms. The number of ether oxygens (including phenoxy) is 1. The molecule has 0 saturated carbocycles. The Balaban J connectivity index is 3.91. The second-order valence-corrected chi connectivity index (χ2v) is 5.10. The van der Waals surface area contributed by atoms with E-state index in [2.05, 4.69) is 37.9 Å². The standard InChI is InChI=1S/C14H32N2O/c1-6-14(7-2)16(10-11-17-5)9-8-15-12-13(3)4/h13-15H,6-12H2,1-5H3. The Labute approximate surface area is 108 Å². The molecule has 0 aromatic heterocycles. The summed E-state index contributed by atoms with van der Waals surface area (Å²) in [5.41, 5.74) is 0. The molecule has 0 rings (SSSR count). The quantitative estimate of drug-likeness (QED) is 0.565. The van der Waals surface area contributed by atoms with Gasteiger partial charge in [-0.3, -0.25) is 4.90 Å². The van der Waals surface area contributed by atoms with Crippen LogP contribution in [-0.2, 0) is 4.74 Å². The third-order valence-corrected chi connectivity index (χ3v) is 3.17. The van der Waals surface area contributed by atoms with E-state index in [1.54, 1.807) is 7.11 Å². The van der Waals surface area contributed by atoms with E-state index in [9.17, 15) is 0 Å². The molecule has 0 aromatic rings. The third-order valence-electron chi connectivity index (χ3n) is 3.17. The summed E-state index contributed by atoms with van der Waals surface area (Å²) in [5, 5.41) is 3.51. The van der Waals surface area contributed by atoms with Crippen LogP contribution in [0.1, 0.15) is 40.5 Å². The van der Waals surface area contributed by atoms with Gasteiger partial charge < -0.3 is 10.1 Å². The van der Waals surface area contributed by atoms with Gasteiger partial charge in [0, 0.05) is 32.8 Å². The van der Waals surface area contributed by atoms with Crippen LogP contribution >= 0.6 is 0 Å². The highest BCUT2D eigenvalue weighted by Crippen LogP contribution is 2.07. The van der Waals surface area contributed by atoms with Crippen molar-refractivity contribution in [1.29, 1.82) is 0 Å². The average molecular weight is 244 g/mol. The number of hydrogen-bond donors (Lipinski definition) is 1. The first-order valence-electron chi connectivity index (χ1n) is 7.09. The Hall–Kier alpha value is -0.120. The molecule has 0 heterocycles. The van der Waals surface area contributed by atoms with Gasteiger partial charge in [0.1, 0.15) is 0 Å². The normalized spacial score (nSPS) is 12.0. The van der Waals surface area contributed by atoms with Crippen LogP contribution < -0.4 is 5.32 Å². The molecule has 0 aromatic carbocycles. The second kappa shape index (κ2) is 11.0. The first kappa shape index (κ1) is 16.9. The van der Waals surface area contributed by atoms with Gasteiger partial charge in [0.05, 0.1) is 6.61 Å². The van der Waals surface area contributed by atoms with Crippen molar-refractivity contribution < 1.29 is 4.74 Å². The third kappa shape index (κ3) is 8.58. The van der Waals surface area contributed by atoms with Crippen molar-refractivity contribution in [3.63, 3.8) is 0 Å². The van der Waals surface area contributed by atoms with Gasteiger partial charge in [0.15, 0.2) is 0 Å². The van der Waals surface area contributed by atoms with Crippen molar-refractivity contribution in [3.05, 3.63) is 0 Å². The van der Waals surface area contributed by atoms with E-state index in [-0.39, 0.29) is 0 Å². The molecule has 0 atom stereocenters. The van der Waals surface area contributed by atoms with Crippen molar-refractivity contribution in [1.82, 2.24) is 10.2 Å². The van der Waals surface area contributed by atoms with E-state index < -0.39 is 0 Å². The van der Waals surface area contributed by atoms with E-state index in [1.807, 2.05) is 0 Å². The number of nitrogens with one attached hydrogen (secondary N) is 1. The lowest BCUT2D eigenvalue weighted by Crippen LogP contribution is -2.41. The summed E-state index contributed by atoms with van der Waals surface area (Å²) in [6, 6.07) is 0.700. The maximum Gasteiger partial charge on any atom is 0.0589 e. The first-order valence-corrected chi connectivity index (χ1v) is 7.09. The molecule has 3 nitrogen and oxygen atoms in total. The first-order chi connectivity index (χ1) is 8.15. The fourth-order valence-electron chi connectivity index (χ4n) is 2.10. The molecule has 3 heteroatoms. The molecule has 0 bridgehead atoms. The largest absolute Gasteiger partial charge is 0.383 e. The Morgan fingerprint density at radius 3 is 2.24 bits per heavy atom. The highest BCUT2D eigenvalue weighted by Gasteiger charge is 2.13. The molecule has 0 aliphatic rings. The van der Waals surface area contributed by atoms with Crippen molar-refractivity contribution in [2.45, 2.75) is 46.6 Å². The van der Waals surface area contributed by atoms with Crippen LogP contribution in [0.25, 0.3) is 0 Å². The maximum absolute atomic E-state index is 5.19. The molecule has 0 radical (unpaired) electrons. The van der Waals surface area contributed by atoms with E-state index in [0.29, 0.717) is 6.04 Å². The number of rotatable bonds is 11. The zero-order valence-electron chi connectivity index (χ0n) is 12.5. The predicted octanol–water partition coefficient (Wildman–Crippen LogP) is 2.37. The molecular formula is C14H32N2O. The molecule has 0 aliphatic heterocycles. The molecule has 0 unspecified atom stereocenters. The summed E-state index contributed by atoms with van der Waals surface area (Å²) in [6.45, 7) is 14.2. The topological polar surface area (TPSA) is 24.5 Å². The fraction of sp³-hybridized carbons (Fsp3) is 1.00. The zero-order chi connectivity index (χ0) is 13.1. The van der Waals surface area contributed by atoms with Gasteiger partial charge in [-0.2, -0.15) is 0 Å². The lowest BCUT2D eigenvalue weighted by molar-refractivity contribution is 0.116. The number of hydrogen-bond acceptors (Lipinski definition) is 3. The Bertz CT molecular complexity index is 158. The summed E-state index contributed by atoms with van der Waals surface area (Å²) in [4.78, 5) is 2.55. The van der Waals surface area contributed by atoms with Crippen molar-refractivity contribution >= 4 is 0 Å². The van der Waals surface area contributed by atoms with Crippen LogP contribution in [0.5, 0.6) is 0 Å². The van der Waals surface area contributed by atoms with E-state index in [1.165, 1.54) is 12.8 Å². The smallest absolute Gasteiger partial charge is 0.0589 e. The number of nitrogens with zero attached hydrogens (tertiary/aromatic N) is 1. The minimum absolute atomic E-state index is 0.700. The van der Waals surface area contributed by atoms with Crippen molar-refractivity contribution in [3.8, 4) is 0 Å². The Morgan fingerprint density at radius 2 is 1.76 bits per heavy atom. The molecular weight excluding hydrogens is 212 g/mol. The summed E-state index contributed by atoms with van der Waals surface area (Å²) in [6.07, 6.45) is 2.45. The molecule has 17 heavy (non-hydrogen) atoms. The highest BCUT2D eigenvalue weighted by atomic mass is 16.5. The Kier molecular flexibility index (Phi) is 10.9. The monoisotopic (exact) mass is 244 g/mol. The van der Waals surface area contributed by atoms with Crippen LogP contribution in [-0.4, -0.2) is 50.8 Å². The van der Waals surface area contributed by atoms with Crippen LogP contribution in [0.2, 0.25) is 0 Å². The van der Waals surface area contributed by atoms with Gasteiger partial charge in [-0.15, -0.1) is 0 Å². The summed E-state index contributed by atoms with van der Waals surface area (Å²) < 4.78 is 5.19. The Morgan fingerprint density at radius 1 is 1.12 bits per heavy atom. The average Bonchev–Trinajstić information content (AvgIpc) is 2.31. The fourth-order valence-corrected chi connectivity index (χ4v) is 2.10. The number of methoxy groups -OCH3 is 1. The van der Waals surface area contributed by atoms with Gasteiger partial charge in [-0.1, -0.05) is 27.7 Å². The molecule has 0 fully saturated rings. The summed E-state index contributed by atoms with van der Waals surface area (Å²) in [7, 11) is 1.78. The lowest BCUT2D eigenvalue weighted by atomic mass is 10.1. The van der Waals surface area contributed by atoms with E-state index in [4.69, 9.17) is 4.74 Å². The minimum atomic E-state index is 0.700. The highest BCUT2D eigenvalue weighted by molar-refractivity contribution is 4.70. The molecule has 0 aliphatic carbocycles. The predicted molar refractivity (Wildman–Crippen MR) is 75.5 cm³/mol. The SMILES string of the molecule is CCC(CC)N(CCNCC(C)C)CCOC. The summed E-state index contributed by atoms with van der Waals surface area (Å²) in [5.74, 6) is 0.732. The minimum Gasteiger partial charge on any atom is -0.383 e. The molecule has 0 amide bonds. The van der Waals surface area contributed by atoms with Gasteiger partial charge in [-0.25, -0.2) is 0 Å². The zero-order valence-corrected chi connectivity index (χ0v) is 12.5. The van der Waals surface area contributed by atoms with E-state index >= 15 is 0 Å². The van der Waals surface area contributed by atoms with Gasteiger partial charge in [0.2, 0.25) is 0 Å². The van der Waals surface area contributed by atoms with E-state index in [0.717, 1.165) is 38.7 Å². The summed E-state index contributed by atoms with van der Waals surface area (Å²) >= 11 is 0. The van der Waals surface area contributed by atoms with Crippen LogP contribution in [0.3, 0.4) is 0 Å². The van der Waals surface area contributed by atoms with Gasteiger partial charge in [0.25, 0.3) is 0 Å². The maximum atomic E-state index is 5.19. The molecule has 104 valence electrons. The van der Waals surface area contributed by atoms with Crippen molar-refractivity contribution in [2.75, 3.05) is 39.9 Å². The molecule has 0 saturated heterocycles. The van der Waals surface area contributed by atoms with Gasteiger partial charge >= 0.3 is 0 Å². The van der Waals surface area contributed by atoms with Crippen LogP contribution in [0, 0.1) is 5.92 Å². The van der Waals surface area contributed by atoms with Crippen LogP contribution in [0.4, 0.5) is 0 Å². The molecule has 1 N–H and O–H groups in total. The van der Waals surface area contributed by atoms with Crippen LogP contribution in [0.15, 0.2) is 0 Å². The lowest BCUT2D eigenvalue weighted by Gasteiger charge is -2.30. The van der Waals surface area contributed by atoms with Crippen molar-refractivity contribution in [2.24, 2.45) is 5.92 Å².